The van der Waals surface area contributed by atoms with E-state index in [1.54, 1.807) is 0 Å². The Labute approximate surface area is 367 Å². The molecule has 7 aromatic carbocycles. The van der Waals surface area contributed by atoms with E-state index in [1.165, 1.54) is 18.4 Å². The Hall–Kier alpha value is -7.81. The van der Waals surface area contributed by atoms with Gasteiger partial charge >= 0.3 is 0 Å². The first-order chi connectivity index (χ1) is 31.1. The topological polar surface area (TPSA) is 75.3 Å². The molecular formula is C58H41N5. The van der Waals surface area contributed by atoms with Crippen LogP contribution in [-0.4, -0.2) is 19.9 Å². The van der Waals surface area contributed by atoms with Crippen molar-refractivity contribution in [2.75, 3.05) is 0 Å². The van der Waals surface area contributed by atoms with Gasteiger partial charge < -0.3 is 0 Å². The molecule has 0 saturated heterocycles. The maximum atomic E-state index is 9.30. The molecule has 3 aliphatic carbocycles. The summed E-state index contributed by atoms with van der Waals surface area (Å²) in [5.74, 6) is 5.90. The van der Waals surface area contributed by atoms with E-state index in [0.29, 0.717) is 17.3 Å². The molecule has 0 amide bonds. The number of nitrogens with zero attached hydrogens (tertiary/aromatic N) is 5. The van der Waals surface area contributed by atoms with E-state index in [1.807, 2.05) is 48.5 Å². The molecule has 2 heterocycles. The minimum absolute atomic E-state index is 0.640. The number of hydrogen-bond acceptors (Lipinski definition) is 5. The summed E-state index contributed by atoms with van der Waals surface area (Å²) in [5, 5.41) is 9.30. The fourth-order valence-corrected chi connectivity index (χ4v) is 10.6. The Bertz CT molecular complexity index is 3180. The molecule has 12 rings (SSSR count). The number of benzene rings is 7. The molecule has 3 saturated carbocycles. The Balaban J connectivity index is 0.848. The summed E-state index contributed by atoms with van der Waals surface area (Å²) in [4.78, 5) is 20.6. The molecule has 0 spiro atoms. The third kappa shape index (κ3) is 6.72. The van der Waals surface area contributed by atoms with Crippen molar-refractivity contribution in [1.29, 1.82) is 5.26 Å². The third-order valence-electron chi connectivity index (χ3n) is 13.9. The lowest BCUT2D eigenvalue weighted by molar-refractivity contribution is -0.214. The van der Waals surface area contributed by atoms with E-state index >= 15 is 0 Å². The highest BCUT2D eigenvalue weighted by Crippen LogP contribution is 2.75. The molecule has 2 aromatic heterocycles. The molecule has 5 heteroatoms. The fourth-order valence-electron chi connectivity index (χ4n) is 10.6. The predicted molar refractivity (Wildman–Crippen MR) is 252 cm³/mol. The average Bonchev–Trinajstić information content (AvgIpc) is 3.36. The van der Waals surface area contributed by atoms with Crippen LogP contribution in [0.15, 0.2) is 194 Å². The first kappa shape index (κ1) is 37.0. The van der Waals surface area contributed by atoms with Gasteiger partial charge in [-0.15, -0.1) is 0 Å². The van der Waals surface area contributed by atoms with Gasteiger partial charge in [0.2, 0.25) is 0 Å². The van der Waals surface area contributed by atoms with Crippen LogP contribution in [0.1, 0.15) is 29.9 Å². The lowest BCUT2D eigenvalue weighted by atomic mass is 9.31. The summed E-state index contributed by atoms with van der Waals surface area (Å²) >= 11 is 0. The molecule has 0 aliphatic heterocycles. The van der Waals surface area contributed by atoms with Crippen molar-refractivity contribution < 1.29 is 0 Å². The minimum atomic E-state index is 0.640. The SMILES string of the molecule is N#Cc1ccc(-c2cccc(-c3cc(-c4ccccc4)nc(-c4ccc(-c5ccc(-c6nc(-c7ccccc7)cc(-c7cccc(C8C9CC%10CC8C%109)c7)n6)cc5)cc4)n3)c2)cc1. The third-order valence-corrected chi connectivity index (χ3v) is 13.9. The van der Waals surface area contributed by atoms with Gasteiger partial charge in [0.05, 0.1) is 34.4 Å². The summed E-state index contributed by atoms with van der Waals surface area (Å²) in [5.41, 5.74) is 16.2. The summed E-state index contributed by atoms with van der Waals surface area (Å²) < 4.78 is 0. The molecule has 5 nitrogen and oxygen atoms in total. The van der Waals surface area contributed by atoms with Gasteiger partial charge in [0, 0.05) is 33.4 Å². The van der Waals surface area contributed by atoms with Crippen molar-refractivity contribution in [3.63, 3.8) is 0 Å². The standard InChI is InChI=1S/C58H41N5/c59-35-36-17-19-39(20-18-36)44-13-7-14-45(29-44)53-33-51(40-9-3-1-4-10-40)60-57(62-53)42-25-21-37(22-26-42)38-23-27-43(28-24-38)58-61-52(41-11-5-2-6-12-41)34-54(63-58)46-15-8-16-47(30-46)55-49-31-48-32-50(55)56(48)49/h1-30,33-34,48-50,55-56H,31-32H2. The molecular weight excluding hydrogens is 767 g/mol. The van der Waals surface area contributed by atoms with Crippen molar-refractivity contribution in [2.24, 2.45) is 23.7 Å². The lowest BCUT2D eigenvalue weighted by Crippen LogP contribution is -2.65. The normalized spacial score (nSPS) is 19.1. The first-order valence-electron chi connectivity index (χ1n) is 21.9. The monoisotopic (exact) mass is 807 g/mol. The highest BCUT2D eigenvalue weighted by atomic mass is 14.9. The van der Waals surface area contributed by atoms with Gasteiger partial charge in [-0.1, -0.05) is 158 Å². The maximum Gasteiger partial charge on any atom is 0.160 e. The number of hydrogen-bond donors (Lipinski definition) is 0. The van der Waals surface area contributed by atoms with Crippen LogP contribution in [0.25, 0.3) is 90.1 Å². The van der Waals surface area contributed by atoms with Crippen molar-refractivity contribution >= 4 is 0 Å². The van der Waals surface area contributed by atoms with Gasteiger partial charge in [0.25, 0.3) is 0 Å². The number of nitriles is 1. The zero-order valence-electron chi connectivity index (χ0n) is 34.5. The minimum Gasteiger partial charge on any atom is -0.228 e. The lowest BCUT2D eigenvalue weighted by Gasteiger charge is -2.73. The van der Waals surface area contributed by atoms with E-state index in [-0.39, 0.29) is 0 Å². The van der Waals surface area contributed by atoms with Crippen LogP contribution >= 0.6 is 0 Å². The summed E-state index contributed by atoms with van der Waals surface area (Å²) in [7, 11) is 0. The molecule has 2 unspecified atom stereocenters. The zero-order chi connectivity index (χ0) is 41.9. The van der Waals surface area contributed by atoms with Crippen LogP contribution in [0, 0.1) is 35.0 Å². The van der Waals surface area contributed by atoms with E-state index in [2.05, 4.69) is 152 Å². The predicted octanol–water partition coefficient (Wildman–Crippen LogP) is 13.8. The van der Waals surface area contributed by atoms with Crippen LogP contribution in [0.2, 0.25) is 0 Å². The molecule has 3 fully saturated rings. The quantitative estimate of drug-likeness (QED) is 0.145. The molecule has 2 atom stereocenters. The summed E-state index contributed by atoms with van der Waals surface area (Å²) in [6.07, 6.45) is 2.84. The molecule has 0 bridgehead atoms. The summed E-state index contributed by atoms with van der Waals surface area (Å²) in [6, 6.07) is 69.4. The zero-order valence-corrected chi connectivity index (χ0v) is 34.5. The highest BCUT2D eigenvalue weighted by Gasteiger charge is 2.67. The van der Waals surface area contributed by atoms with Crippen LogP contribution in [-0.2, 0) is 0 Å². The molecule has 298 valence electrons. The van der Waals surface area contributed by atoms with Gasteiger partial charge in [-0.25, -0.2) is 19.9 Å². The smallest absolute Gasteiger partial charge is 0.160 e. The van der Waals surface area contributed by atoms with Gasteiger partial charge in [0.15, 0.2) is 11.6 Å². The highest BCUT2D eigenvalue weighted by molar-refractivity contribution is 5.78. The average molecular weight is 808 g/mol. The van der Waals surface area contributed by atoms with Crippen molar-refractivity contribution in [3.8, 4) is 96.1 Å². The van der Waals surface area contributed by atoms with Crippen molar-refractivity contribution in [3.05, 3.63) is 205 Å². The number of aromatic nitrogens is 4. The first-order valence-corrected chi connectivity index (χ1v) is 21.9. The Kier molecular flexibility index (Phi) is 8.97. The molecule has 63 heavy (non-hydrogen) atoms. The second-order valence-electron chi connectivity index (χ2n) is 17.4. The Morgan fingerprint density at radius 2 is 0.778 bits per heavy atom. The van der Waals surface area contributed by atoms with Crippen molar-refractivity contribution in [2.45, 2.75) is 18.8 Å². The summed E-state index contributed by atoms with van der Waals surface area (Å²) in [6.45, 7) is 0. The van der Waals surface area contributed by atoms with Gasteiger partial charge in [-0.2, -0.15) is 5.26 Å². The van der Waals surface area contributed by atoms with E-state index in [0.717, 1.165) is 108 Å². The van der Waals surface area contributed by atoms with Crippen LogP contribution in [0.3, 0.4) is 0 Å². The van der Waals surface area contributed by atoms with Crippen molar-refractivity contribution in [1.82, 2.24) is 19.9 Å². The van der Waals surface area contributed by atoms with Crippen LogP contribution < -0.4 is 0 Å². The van der Waals surface area contributed by atoms with Gasteiger partial charge in [-0.3, -0.25) is 0 Å². The second-order valence-corrected chi connectivity index (χ2v) is 17.4. The fraction of sp³-hybridized carbons (Fsp3) is 0.121. The second kappa shape index (κ2) is 15.3. The molecule has 0 radical (unpaired) electrons. The largest absolute Gasteiger partial charge is 0.228 e. The van der Waals surface area contributed by atoms with Crippen LogP contribution in [0.4, 0.5) is 0 Å². The Morgan fingerprint density at radius 1 is 0.365 bits per heavy atom. The van der Waals surface area contributed by atoms with E-state index in [4.69, 9.17) is 19.9 Å². The van der Waals surface area contributed by atoms with Gasteiger partial charge in [0.1, 0.15) is 0 Å². The van der Waals surface area contributed by atoms with Crippen LogP contribution in [0.5, 0.6) is 0 Å². The van der Waals surface area contributed by atoms with E-state index < -0.39 is 0 Å². The molecule has 0 N–H and O–H groups in total. The molecule has 9 aromatic rings. The van der Waals surface area contributed by atoms with Gasteiger partial charge in [-0.05, 0) is 107 Å². The Morgan fingerprint density at radius 3 is 1.27 bits per heavy atom. The van der Waals surface area contributed by atoms with E-state index in [9.17, 15) is 5.26 Å². The maximum absolute atomic E-state index is 9.30. The number of rotatable bonds is 9. The molecule has 3 aliphatic rings.